The van der Waals surface area contributed by atoms with Gasteiger partial charge >= 0.3 is 5.97 Å². The lowest BCUT2D eigenvalue weighted by atomic mass is 10.1. The number of quaternary nitrogens is 1. The number of carboxylic acid groups (broad SMARTS) is 1. The Labute approximate surface area is 83.2 Å². The van der Waals surface area contributed by atoms with Crippen molar-refractivity contribution < 1.29 is 27.6 Å². The molecule has 0 aliphatic heterocycles. The second kappa shape index (κ2) is 5.56. The number of halogens is 1. The fraction of sp³-hybridized carbons (Fsp3) is 0.222. The Balaban J connectivity index is 0.00000144. The van der Waals surface area contributed by atoms with Gasteiger partial charge in [-0.15, -0.1) is 0 Å². The van der Waals surface area contributed by atoms with Gasteiger partial charge in [-0.2, -0.15) is 0 Å². The molecular formula is C9H12ClNO2. The molecule has 0 aliphatic carbocycles. The van der Waals surface area contributed by atoms with Crippen molar-refractivity contribution in [1.29, 1.82) is 0 Å². The molecule has 1 rings (SSSR count). The first kappa shape index (κ1) is 11.9. The van der Waals surface area contributed by atoms with Gasteiger partial charge in [0.1, 0.15) is 0 Å². The van der Waals surface area contributed by atoms with Crippen LogP contribution in [0.1, 0.15) is 11.6 Å². The van der Waals surface area contributed by atoms with E-state index in [2.05, 4.69) is 0 Å². The molecule has 0 amide bonds. The molecule has 0 spiro atoms. The summed E-state index contributed by atoms with van der Waals surface area (Å²) in [5, 5.41) is 10.5. The Morgan fingerprint density at radius 2 is 1.92 bits per heavy atom. The van der Waals surface area contributed by atoms with Crippen LogP contribution in [0, 0.1) is 0 Å². The first-order chi connectivity index (χ1) is 5.75. The smallest absolute Gasteiger partial charge is 0.367 e. The summed E-state index contributed by atoms with van der Waals surface area (Å²) in [5.74, 6) is -0.802. The summed E-state index contributed by atoms with van der Waals surface area (Å²) in [6.45, 7) is 0. The second-order valence-electron chi connectivity index (χ2n) is 2.56. The molecule has 72 valence electrons. The van der Waals surface area contributed by atoms with Crippen molar-refractivity contribution >= 4 is 5.97 Å². The number of likely N-dealkylation sites (N-methyl/N-ethyl adjacent to an activating group) is 1. The molecule has 3 nitrogen and oxygen atoms in total. The molecule has 0 aliphatic rings. The van der Waals surface area contributed by atoms with Crippen LogP contribution in [0.4, 0.5) is 0 Å². The standard InChI is InChI=1S/C9H11NO2.ClH/c1-10-8(9(11)12)7-5-3-2-4-6-7;/h2-6,8,10H,1H3,(H,11,12);1H/t8-;/m1./s1. The van der Waals surface area contributed by atoms with Crippen molar-refractivity contribution in [1.82, 2.24) is 0 Å². The van der Waals surface area contributed by atoms with E-state index in [1.165, 1.54) is 0 Å². The number of nitrogens with two attached hydrogens (primary N) is 1. The Bertz CT molecular complexity index is 264. The molecule has 0 aromatic heterocycles. The van der Waals surface area contributed by atoms with Gasteiger partial charge in [0.15, 0.2) is 0 Å². The SMILES string of the molecule is C[NH2+][C@@H](C(=O)O)c1ccccc1.[Cl-]. The van der Waals surface area contributed by atoms with Crippen molar-refractivity contribution in [3.63, 3.8) is 0 Å². The number of carboxylic acids is 1. The van der Waals surface area contributed by atoms with E-state index in [1.807, 2.05) is 30.3 Å². The summed E-state index contributed by atoms with van der Waals surface area (Å²) < 4.78 is 0. The molecule has 1 aromatic carbocycles. The van der Waals surface area contributed by atoms with Gasteiger partial charge in [-0.1, -0.05) is 30.3 Å². The molecule has 1 atom stereocenters. The van der Waals surface area contributed by atoms with Crippen molar-refractivity contribution in [2.75, 3.05) is 7.05 Å². The van der Waals surface area contributed by atoms with Gasteiger partial charge in [0.05, 0.1) is 7.05 Å². The molecule has 0 saturated carbocycles. The highest BCUT2D eigenvalue weighted by Crippen LogP contribution is 2.07. The van der Waals surface area contributed by atoms with Crippen molar-refractivity contribution in [3.05, 3.63) is 35.9 Å². The normalized spacial score (nSPS) is 11.5. The minimum absolute atomic E-state index is 0. The summed E-state index contributed by atoms with van der Waals surface area (Å²) in [5.41, 5.74) is 0.826. The second-order valence-corrected chi connectivity index (χ2v) is 2.56. The van der Waals surface area contributed by atoms with E-state index in [0.717, 1.165) is 5.56 Å². The molecular weight excluding hydrogens is 190 g/mol. The molecule has 0 bridgehead atoms. The predicted molar refractivity (Wildman–Crippen MR) is 44.7 cm³/mol. The zero-order chi connectivity index (χ0) is 8.97. The zero-order valence-corrected chi connectivity index (χ0v) is 8.03. The number of carbonyl (C=O) groups is 1. The minimum Gasteiger partial charge on any atom is -1.00 e. The minimum atomic E-state index is -0.802. The summed E-state index contributed by atoms with van der Waals surface area (Å²) in [6.07, 6.45) is 0. The van der Waals surface area contributed by atoms with Crippen LogP contribution in [0.2, 0.25) is 0 Å². The summed E-state index contributed by atoms with van der Waals surface area (Å²) in [6, 6.07) is 8.71. The Hall–Kier alpha value is -1.06. The van der Waals surface area contributed by atoms with E-state index in [9.17, 15) is 4.79 Å². The maximum absolute atomic E-state index is 10.7. The van der Waals surface area contributed by atoms with Crippen LogP contribution < -0.4 is 17.7 Å². The maximum atomic E-state index is 10.7. The first-order valence-corrected chi connectivity index (χ1v) is 3.83. The average molecular weight is 202 g/mol. The van der Waals surface area contributed by atoms with E-state index in [1.54, 1.807) is 12.4 Å². The van der Waals surface area contributed by atoms with E-state index >= 15 is 0 Å². The average Bonchev–Trinajstić information content (AvgIpc) is 2.07. The first-order valence-electron chi connectivity index (χ1n) is 3.83. The Morgan fingerprint density at radius 3 is 2.31 bits per heavy atom. The van der Waals surface area contributed by atoms with Crippen LogP contribution in [0.25, 0.3) is 0 Å². The van der Waals surface area contributed by atoms with E-state index < -0.39 is 12.0 Å². The molecule has 0 unspecified atom stereocenters. The quantitative estimate of drug-likeness (QED) is 0.548. The van der Waals surface area contributed by atoms with Gasteiger partial charge in [-0.3, -0.25) is 0 Å². The van der Waals surface area contributed by atoms with Crippen LogP contribution in [-0.2, 0) is 4.79 Å². The molecule has 4 heteroatoms. The number of hydrogen-bond acceptors (Lipinski definition) is 1. The summed E-state index contributed by atoms with van der Waals surface area (Å²) >= 11 is 0. The van der Waals surface area contributed by atoms with Crippen LogP contribution in [0.15, 0.2) is 30.3 Å². The highest BCUT2D eigenvalue weighted by molar-refractivity contribution is 5.73. The van der Waals surface area contributed by atoms with Crippen LogP contribution in [0.3, 0.4) is 0 Å². The molecule has 3 N–H and O–H groups in total. The molecule has 0 saturated heterocycles. The van der Waals surface area contributed by atoms with Gasteiger partial charge in [0.25, 0.3) is 0 Å². The highest BCUT2D eigenvalue weighted by atomic mass is 35.5. The van der Waals surface area contributed by atoms with Gasteiger partial charge in [-0.05, 0) is 0 Å². The Morgan fingerprint density at radius 1 is 1.38 bits per heavy atom. The van der Waals surface area contributed by atoms with Crippen LogP contribution >= 0.6 is 0 Å². The number of rotatable bonds is 3. The summed E-state index contributed by atoms with van der Waals surface area (Å²) in [7, 11) is 1.76. The lowest BCUT2D eigenvalue weighted by Crippen LogP contribution is -3.00. The topological polar surface area (TPSA) is 53.9 Å². The molecule has 1 aromatic rings. The van der Waals surface area contributed by atoms with Gasteiger partial charge in [0, 0.05) is 5.56 Å². The van der Waals surface area contributed by atoms with Crippen molar-refractivity contribution in [2.45, 2.75) is 6.04 Å². The van der Waals surface area contributed by atoms with E-state index in [0.29, 0.717) is 0 Å². The predicted octanol–water partition coefficient (Wildman–Crippen LogP) is -2.99. The van der Waals surface area contributed by atoms with Crippen LogP contribution in [-0.4, -0.2) is 18.1 Å². The maximum Gasteiger partial charge on any atom is 0.367 e. The third-order valence-electron chi connectivity index (χ3n) is 1.76. The van der Waals surface area contributed by atoms with Crippen molar-refractivity contribution in [2.24, 2.45) is 0 Å². The zero-order valence-electron chi connectivity index (χ0n) is 7.27. The Kier molecular flexibility index (Phi) is 5.11. The monoisotopic (exact) mass is 201 g/mol. The summed E-state index contributed by atoms with van der Waals surface area (Å²) in [4.78, 5) is 10.7. The molecule has 0 fully saturated rings. The van der Waals surface area contributed by atoms with Crippen LogP contribution in [0.5, 0.6) is 0 Å². The number of benzene rings is 1. The van der Waals surface area contributed by atoms with Gasteiger partial charge in [-0.25, -0.2) is 4.79 Å². The van der Waals surface area contributed by atoms with Crippen molar-refractivity contribution in [3.8, 4) is 0 Å². The lowest BCUT2D eigenvalue weighted by Gasteiger charge is -2.06. The van der Waals surface area contributed by atoms with Gasteiger partial charge < -0.3 is 22.8 Å². The van der Waals surface area contributed by atoms with Gasteiger partial charge in [0.2, 0.25) is 6.04 Å². The fourth-order valence-corrected chi connectivity index (χ4v) is 1.14. The highest BCUT2D eigenvalue weighted by Gasteiger charge is 2.20. The fourth-order valence-electron chi connectivity index (χ4n) is 1.14. The van der Waals surface area contributed by atoms with E-state index in [-0.39, 0.29) is 12.4 Å². The molecule has 13 heavy (non-hydrogen) atoms. The molecule has 0 heterocycles. The lowest BCUT2D eigenvalue weighted by molar-refractivity contribution is -0.658. The largest absolute Gasteiger partial charge is 1.00 e. The number of aliphatic carboxylic acids is 1. The third kappa shape index (κ3) is 3.05. The number of hydrogen-bond donors (Lipinski definition) is 2. The van der Waals surface area contributed by atoms with E-state index in [4.69, 9.17) is 5.11 Å². The third-order valence-corrected chi connectivity index (χ3v) is 1.76. The molecule has 0 radical (unpaired) electrons.